The van der Waals surface area contributed by atoms with Crippen LogP contribution in [0.15, 0.2) is 30.3 Å². The van der Waals surface area contributed by atoms with Crippen molar-refractivity contribution in [2.75, 3.05) is 6.54 Å². The van der Waals surface area contributed by atoms with Crippen LogP contribution in [0.4, 0.5) is 4.79 Å². The summed E-state index contributed by atoms with van der Waals surface area (Å²) in [5.41, 5.74) is 6.23. The van der Waals surface area contributed by atoms with Crippen LogP contribution in [0.1, 0.15) is 31.1 Å². The Hall–Kier alpha value is -2.68. The normalized spacial score (nSPS) is 11.7. The Morgan fingerprint density at radius 1 is 1.33 bits per heavy atom. The number of nitrogens with one attached hydrogen (secondary N) is 3. The number of benzene rings is 1. The monoisotopic (exact) mass is 348 g/mol. The second kappa shape index (κ2) is 8.82. The molecular formula is C15H20N6O2S. The molecular weight excluding hydrogens is 328 g/mol. The number of H-pyrrole nitrogens is 1. The van der Waals surface area contributed by atoms with Gasteiger partial charge in [-0.25, -0.2) is 9.78 Å². The Balaban J connectivity index is 1.98. The summed E-state index contributed by atoms with van der Waals surface area (Å²) in [5.74, 6) is 1.04. The lowest BCUT2D eigenvalue weighted by atomic mass is 10.1. The molecule has 0 saturated carbocycles. The van der Waals surface area contributed by atoms with Crippen LogP contribution in [0.3, 0.4) is 0 Å². The lowest BCUT2D eigenvalue weighted by molar-refractivity contribution is 0.188. The molecule has 1 amide bonds. The van der Waals surface area contributed by atoms with Crippen LogP contribution in [-0.2, 0) is 0 Å². The molecule has 1 unspecified atom stereocenters. The van der Waals surface area contributed by atoms with Crippen LogP contribution in [0.25, 0.3) is 11.4 Å². The molecule has 1 aromatic heterocycles. The van der Waals surface area contributed by atoms with E-state index in [1.54, 1.807) is 0 Å². The van der Waals surface area contributed by atoms with Crippen molar-refractivity contribution >= 4 is 23.4 Å². The van der Waals surface area contributed by atoms with Crippen molar-refractivity contribution in [3.8, 4) is 11.4 Å². The van der Waals surface area contributed by atoms with Crippen LogP contribution in [-0.4, -0.2) is 38.0 Å². The van der Waals surface area contributed by atoms with Gasteiger partial charge in [-0.2, -0.15) is 5.10 Å². The van der Waals surface area contributed by atoms with Crippen molar-refractivity contribution in [1.82, 2.24) is 25.8 Å². The summed E-state index contributed by atoms with van der Waals surface area (Å²) in [7, 11) is 0. The van der Waals surface area contributed by atoms with Crippen molar-refractivity contribution in [3.05, 3.63) is 36.2 Å². The van der Waals surface area contributed by atoms with Crippen molar-refractivity contribution in [2.24, 2.45) is 5.73 Å². The van der Waals surface area contributed by atoms with Crippen molar-refractivity contribution < 1.29 is 9.90 Å². The molecule has 0 fully saturated rings. The second-order valence-electron chi connectivity index (χ2n) is 5.20. The zero-order valence-corrected chi connectivity index (χ0v) is 13.8. The van der Waals surface area contributed by atoms with Crippen LogP contribution < -0.4 is 16.4 Å². The summed E-state index contributed by atoms with van der Waals surface area (Å²) in [4.78, 5) is 15.4. The first-order valence-electron chi connectivity index (χ1n) is 7.56. The van der Waals surface area contributed by atoms with Gasteiger partial charge in [-0.05, 0) is 31.5 Å². The van der Waals surface area contributed by atoms with Crippen molar-refractivity contribution in [2.45, 2.75) is 25.3 Å². The van der Waals surface area contributed by atoms with Gasteiger partial charge in [0.2, 0.25) is 0 Å². The molecule has 8 nitrogen and oxygen atoms in total. The molecule has 0 radical (unpaired) electrons. The topological polar surface area (TPSA) is 129 Å². The molecule has 1 aromatic carbocycles. The van der Waals surface area contributed by atoms with E-state index in [9.17, 15) is 4.79 Å². The van der Waals surface area contributed by atoms with Crippen LogP contribution in [0.2, 0.25) is 0 Å². The highest BCUT2D eigenvalue weighted by atomic mass is 32.1. The van der Waals surface area contributed by atoms with Gasteiger partial charge in [-0.1, -0.05) is 30.3 Å². The Bertz CT molecular complexity index is 676. The summed E-state index contributed by atoms with van der Waals surface area (Å²) in [6, 6.07) is 9.05. The number of rotatable bonds is 8. The quantitative estimate of drug-likeness (QED) is 0.363. The van der Waals surface area contributed by atoms with Crippen molar-refractivity contribution in [3.63, 3.8) is 0 Å². The Morgan fingerprint density at radius 2 is 2.08 bits per heavy atom. The molecule has 0 spiro atoms. The standard InChI is InChI=1S/C15H20N6O2S/c16-14(24)17-9-5-4-8-11(18-15(22)23)13-19-12(20-21-13)10-6-2-1-3-7-10/h1-3,6-7,11,18H,4-5,8-9H2,(H,22,23)(H3,16,17,24)(H,19,20,21). The number of nitrogens with zero attached hydrogens (tertiary/aromatic N) is 2. The maximum Gasteiger partial charge on any atom is 0.405 e. The Labute approximate surface area is 144 Å². The van der Waals surface area contributed by atoms with Crippen molar-refractivity contribution in [1.29, 1.82) is 0 Å². The molecule has 0 saturated heterocycles. The minimum Gasteiger partial charge on any atom is -0.465 e. The number of carbonyl (C=O) groups is 1. The molecule has 0 aliphatic heterocycles. The van der Waals surface area contributed by atoms with Gasteiger partial charge >= 0.3 is 6.09 Å². The van der Waals surface area contributed by atoms with E-state index in [-0.39, 0.29) is 5.11 Å². The van der Waals surface area contributed by atoms with E-state index in [2.05, 4.69) is 25.8 Å². The summed E-state index contributed by atoms with van der Waals surface area (Å²) in [5, 5.41) is 21.6. The minimum atomic E-state index is -1.10. The highest BCUT2D eigenvalue weighted by Gasteiger charge is 2.18. The van der Waals surface area contributed by atoms with Crippen LogP contribution in [0.5, 0.6) is 0 Å². The minimum absolute atomic E-state index is 0.262. The number of nitrogens with two attached hydrogens (primary N) is 1. The second-order valence-corrected chi connectivity index (χ2v) is 5.64. The first-order chi connectivity index (χ1) is 11.6. The van der Waals surface area contributed by atoms with Gasteiger partial charge in [0.25, 0.3) is 0 Å². The fourth-order valence-corrected chi connectivity index (χ4v) is 2.36. The zero-order chi connectivity index (χ0) is 17.4. The number of hydrogen-bond acceptors (Lipinski definition) is 4. The number of aromatic nitrogens is 3. The van der Waals surface area contributed by atoms with E-state index in [0.29, 0.717) is 24.6 Å². The summed E-state index contributed by atoms with van der Waals surface area (Å²) >= 11 is 4.73. The average Bonchev–Trinajstić information content (AvgIpc) is 3.03. The number of aromatic amines is 1. The number of carboxylic acid groups (broad SMARTS) is 1. The zero-order valence-electron chi connectivity index (χ0n) is 13.0. The predicted molar refractivity (Wildman–Crippen MR) is 94.4 cm³/mol. The first-order valence-corrected chi connectivity index (χ1v) is 7.97. The maximum atomic E-state index is 11.0. The molecule has 6 N–H and O–H groups in total. The smallest absolute Gasteiger partial charge is 0.405 e. The SMILES string of the molecule is NC(=S)NCCCCC(NC(=O)O)c1nc(-c2ccccc2)n[nH]1. The van der Waals surface area contributed by atoms with Crippen LogP contribution in [0, 0.1) is 0 Å². The van der Waals surface area contributed by atoms with Gasteiger partial charge in [-0.3, -0.25) is 5.10 Å². The molecule has 2 rings (SSSR count). The summed E-state index contributed by atoms with van der Waals surface area (Å²) in [6.07, 6.45) is 1.09. The Kier molecular flexibility index (Phi) is 6.50. The predicted octanol–water partition coefficient (Wildman–Crippen LogP) is 1.78. The van der Waals surface area contributed by atoms with E-state index in [4.69, 9.17) is 23.1 Å². The number of thiocarbonyl (C=S) groups is 1. The molecule has 128 valence electrons. The molecule has 2 aromatic rings. The lowest BCUT2D eigenvalue weighted by Crippen LogP contribution is -2.30. The van der Waals surface area contributed by atoms with Gasteiger partial charge in [-0.15, -0.1) is 0 Å². The molecule has 1 heterocycles. The highest BCUT2D eigenvalue weighted by Crippen LogP contribution is 2.20. The molecule has 9 heteroatoms. The van der Waals surface area contributed by atoms with E-state index in [1.807, 2.05) is 30.3 Å². The molecule has 0 aliphatic carbocycles. The molecule has 0 aliphatic rings. The third kappa shape index (κ3) is 5.51. The average molecular weight is 348 g/mol. The number of hydrogen-bond donors (Lipinski definition) is 5. The number of amides is 1. The lowest BCUT2D eigenvalue weighted by Gasteiger charge is -2.14. The van der Waals surface area contributed by atoms with E-state index in [1.165, 1.54) is 0 Å². The molecule has 0 bridgehead atoms. The summed E-state index contributed by atoms with van der Waals surface area (Å²) < 4.78 is 0. The van der Waals surface area contributed by atoms with Crippen LogP contribution >= 0.6 is 12.2 Å². The molecule has 1 atom stereocenters. The fraction of sp³-hybridized carbons (Fsp3) is 0.333. The number of unbranched alkanes of at least 4 members (excludes halogenated alkanes) is 1. The first kappa shape index (κ1) is 17.7. The fourth-order valence-electron chi connectivity index (χ4n) is 2.26. The Morgan fingerprint density at radius 3 is 2.75 bits per heavy atom. The van der Waals surface area contributed by atoms with Gasteiger partial charge in [0.05, 0.1) is 6.04 Å². The maximum absolute atomic E-state index is 11.0. The van der Waals surface area contributed by atoms with Gasteiger partial charge < -0.3 is 21.5 Å². The van der Waals surface area contributed by atoms with Gasteiger partial charge in [0.1, 0.15) is 5.82 Å². The van der Waals surface area contributed by atoms with Gasteiger partial charge in [0, 0.05) is 12.1 Å². The third-order valence-electron chi connectivity index (χ3n) is 3.38. The highest BCUT2D eigenvalue weighted by molar-refractivity contribution is 7.80. The largest absolute Gasteiger partial charge is 0.465 e. The third-order valence-corrected chi connectivity index (χ3v) is 3.53. The van der Waals surface area contributed by atoms with E-state index < -0.39 is 12.1 Å². The van der Waals surface area contributed by atoms with Gasteiger partial charge in [0.15, 0.2) is 10.9 Å². The van der Waals surface area contributed by atoms with E-state index >= 15 is 0 Å². The summed E-state index contributed by atoms with van der Waals surface area (Å²) in [6.45, 7) is 0.654. The van der Waals surface area contributed by atoms with E-state index in [0.717, 1.165) is 18.4 Å². The molecule has 24 heavy (non-hydrogen) atoms.